The van der Waals surface area contributed by atoms with Gasteiger partial charge in [0.1, 0.15) is 0 Å². The average molecular weight is 322 g/mol. The smallest absolute Gasteiger partial charge is 0.191 e. The standard InChI is InChI=1S/C17H24F2N4/c18-15-5-4-14(10-16(15)19)23-9-6-13(12-23)11-21-17(20)22-7-2-1-3-8-22/h4-5,10,13H,1-3,6-9,11-12H2,(H2,20,21). The second-order valence-electron chi connectivity index (χ2n) is 6.45. The van der Waals surface area contributed by atoms with Crippen molar-refractivity contribution in [3.8, 4) is 0 Å². The molecule has 2 fully saturated rings. The summed E-state index contributed by atoms with van der Waals surface area (Å²) in [6, 6.07) is 4.08. The van der Waals surface area contributed by atoms with Gasteiger partial charge < -0.3 is 15.5 Å². The molecule has 2 aliphatic heterocycles. The van der Waals surface area contributed by atoms with Gasteiger partial charge in [0.2, 0.25) is 0 Å². The number of guanidine groups is 1. The predicted octanol–water partition coefficient (Wildman–Crippen LogP) is 2.59. The molecule has 0 amide bonds. The van der Waals surface area contributed by atoms with E-state index < -0.39 is 11.6 Å². The van der Waals surface area contributed by atoms with Crippen molar-refractivity contribution in [3.05, 3.63) is 29.8 Å². The first-order chi connectivity index (χ1) is 11.1. The molecule has 3 rings (SSSR count). The highest BCUT2D eigenvalue weighted by Crippen LogP contribution is 2.25. The van der Waals surface area contributed by atoms with Crippen molar-refractivity contribution in [1.29, 1.82) is 0 Å². The molecule has 23 heavy (non-hydrogen) atoms. The monoisotopic (exact) mass is 322 g/mol. The van der Waals surface area contributed by atoms with Crippen LogP contribution in [0.25, 0.3) is 0 Å². The van der Waals surface area contributed by atoms with E-state index >= 15 is 0 Å². The number of benzene rings is 1. The van der Waals surface area contributed by atoms with Crippen LogP contribution >= 0.6 is 0 Å². The maximum atomic E-state index is 13.3. The largest absolute Gasteiger partial charge is 0.371 e. The highest BCUT2D eigenvalue weighted by atomic mass is 19.2. The third-order valence-corrected chi connectivity index (χ3v) is 4.75. The summed E-state index contributed by atoms with van der Waals surface area (Å²) in [6.07, 6.45) is 4.64. The summed E-state index contributed by atoms with van der Waals surface area (Å²) in [4.78, 5) is 8.79. The predicted molar refractivity (Wildman–Crippen MR) is 88.6 cm³/mol. The Morgan fingerprint density at radius 2 is 1.91 bits per heavy atom. The van der Waals surface area contributed by atoms with Crippen LogP contribution < -0.4 is 10.6 Å². The van der Waals surface area contributed by atoms with Crippen LogP contribution in [0, 0.1) is 17.6 Å². The summed E-state index contributed by atoms with van der Waals surface area (Å²) >= 11 is 0. The van der Waals surface area contributed by atoms with Gasteiger partial charge in [-0.1, -0.05) is 0 Å². The SMILES string of the molecule is NC(=NCC1CCN(c2ccc(F)c(F)c2)C1)N1CCCCC1. The van der Waals surface area contributed by atoms with E-state index in [2.05, 4.69) is 14.8 Å². The summed E-state index contributed by atoms with van der Waals surface area (Å²) in [5.74, 6) is -0.538. The van der Waals surface area contributed by atoms with Crippen LogP contribution in [0.4, 0.5) is 14.5 Å². The van der Waals surface area contributed by atoms with Crippen LogP contribution in [0.15, 0.2) is 23.2 Å². The number of rotatable bonds is 3. The minimum atomic E-state index is -0.802. The molecule has 0 spiro atoms. The van der Waals surface area contributed by atoms with E-state index in [0.29, 0.717) is 18.4 Å². The van der Waals surface area contributed by atoms with Gasteiger partial charge in [0.15, 0.2) is 17.6 Å². The number of halogens is 2. The van der Waals surface area contributed by atoms with Crippen LogP contribution in [0.1, 0.15) is 25.7 Å². The zero-order valence-corrected chi connectivity index (χ0v) is 13.3. The van der Waals surface area contributed by atoms with E-state index in [1.165, 1.54) is 31.4 Å². The Morgan fingerprint density at radius 1 is 1.13 bits per heavy atom. The van der Waals surface area contributed by atoms with Crippen LogP contribution in [0.2, 0.25) is 0 Å². The molecule has 6 heteroatoms. The van der Waals surface area contributed by atoms with E-state index in [4.69, 9.17) is 5.73 Å². The molecule has 2 aliphatic rings. The van der Waals surface area contributed by atoms with Crippen LogP contribution in [0.3, 0.4) is 0 Å². The first-order valence-corrected chi connectivity index (χ1v) is 8.38. The van der Waals surface area contributed by atoms with Crippen LogP contribution in [-0.4, -0.2) is 43.6 Å². The zero-order chi connectivity index (χ0) is 16.2. The van der Waals surface area contributed by atoms with Gasteiger partial charge in [-0.05, 0) is 43.7 Å². The van der Waals surface area contributed by atoms with Gasteiger partial charge in [-0.3, -0.25) is 4.99 Å². The zero-order valence-electron chi connectivity index (χ0n) is 13.3. The third kappa shape index (κ3) is 3.92. The molecule has 1 aromatic rings. The van der Waals surface area contributed by atoms with E-state index in [1.807, 2.05) is 0 Å². The number of anilines is 1. The molecule has 0 aromatic heterocycles. The van der Waals surface area contributed by atoms with E-state index in [-0.39, 0.29) is 0 Å². The molecule has 2 N–H and O–H groups in total. The number of hydrogen-bond acceptors (Lipinski definition) is 2. The topological polar surface area (TPSA) is 44.9 Å². The Bertz CT molecular complexity index is 570. The van der Waals surface area contributed by atoms with Crippen molar-refractivity contribution in [3.63, 3.8) is 0 Å². The number of nitrogens with zero attached hydrogens (tertiary/aromatic N) is 3. The quantitative estimate of drug-likeness (QED) is 0.687. The van der Waals surface area contributed by atoms with Gasteiger partial charge in [-0.15, -0.1) is 0 Å². The summed E-state index contributed by atoms with van der Waals surface area (Å²) in [5, 5.41) is 0. The number of hydrogen-bond donors (Lipinski definition) is 1. The molecule has 0 radical (unpaired) electrons. The number of likely N-dealkylation sites (tertiary alicyclic amines) is 1. The van der Waals surface area contributed by atoms with Crippen molar-refractivity contribution in [2.75, 3.05) is 37.6 Å². The number of piperidine rings is 1. The van der Waals surface area contributed by atoms with E-state index in [9.17, 15) is 8.78 Å². The fourth-order valence-corrected chi connectivity index (χ4v) is 3.34. The average Bonchev–Trinajstić information content (AvgIpc) is 3.05. The molecule has 0 bridgehead atoms. The summed E-state index contributed by atoms with van der Waals surface area (Å²) in [5.41, 5.74) is 6.82. The molecule has 4 nitrogen and oxygen atoms in total. The lowest BCUT2D eigenvalue weighted by Gasteiger charge is -2.27. The lowest BCUT2D eigenvalue weighted by molar-refractivity contribution is 0.337. The second kappa shape index (κ2) is 7.15. The van der Waals surface area contributed by atoms with Crippen molar-refractivity contribution in [2.24, 2.45) is 16.6 Å². The van der Waals surface area contributed by atoms with Crippen molar-refractivity contribution in [1.82, 2.24) is 4.90 Å². The van der Waals surface area contributed by atoms with Crippen LogP contribution in [-0.2, 0) is 0 Å². The third-order valence-electron chi connectivity index (χ3n) is 4.75. The maximum Gasteiger partial charge on any atom is 0.191 e. The lowest BCUT2D eigenvalue weighted by Crippen LogP contribution is -2.41. The summed E-state index contributed by atoms with van der Waals surface area (Å²) < 4.78 is 26.4. The molecular formula is C17H24F2N4. The molecule has 1 unspecified atom stereocenters. The molecule has 1 atom stereocenters. The Hall–Kier alpha value is -1.85. The molecule has 2 saturated heterocycles. The highest BCUT2D eigenvalue weighted by Gasteiger charge is 2.23. The Morgan fingerprint density at radius 3 is 2.65 bits per heavy atom. The lowest BCUT2D eigenvalue weighted by atomic mass is 10.1. The Balaban J connectivity index is 1.54. The number of nitrogens with two attached hydrogens (primary N) is 1. The minimum Gasteiger partial charge on any atom is -0.371 e. The van der Waals surface area contributed by atoms with E-state index in [0.717, 1.165) is 38.3 Å². The molecule has 0 saturated carbocycles. The first-order valence-electron chi connectivity index (χ1n) is 8.38. The Labute approximate surface area is 136 Å². The normalized spacial score (nSPS) is 22.7. The fraction of sp³-hybridized carbons (Fsp3) is 0.588. The molecule has 1 aromatic carbocycles. The van der Waals surface area contributed by atoms with Gasteiger partial charge in [0.25, 0.3) is 0 Å². The van der Waals surface area contributed by atoms with Crippen LogP contribution in [0.5, 0.6) is 0 Å². The highest BCUT2D eigenvalue weighted by molar-refractivity contribution is 5.78. The molecule has 126 valence electrons. The Kier molecular flexibility index (Phi) is 4.98. The number of aliphatic imine (C=N–C) groups is 1. The van der Waals surface area contributed by atoms with Crippen molar-refractivity contribution >= 4 is 11.6 Å². The van der Waals surface area contributed by atoms with Crippen molar-refractivity contribution < 1.29 is 8.78 Å². The molecule has 0 aliphatic carbocycles. The van der Waals surface area contributed by atoms with Gasteiger partial charge in [0, 0.05) is 44.5 Å². The second-order valence-corrected chi connectivity index (χ2v) is 6.45. The van der Waals surface area contributed by atoms with Gasteiger partial charge in [-0.2, -0.15) is 0 Å². The van der Waals surface area contributed by atoms with Gasteiger partial charge in [-0.25, -0.2) is 8.78 Å². The van der Waals surface area contributed by atoms with Gasteiger partial charge in [0.05, 0.1) is 0 Å². The molecule has 2 heterocycles. The molecular weight excluding hydrogens is 298 g/mol. The van der Waals surface area contributed by atoms with Crippen molar-refractivity contribution in [2.45, 2.75) is 25.7 Å². The first kappa shape index (κ1) is 16.0. The minimum absolute atomic E-state index is 0.409. The van der Waals surface area contributed by atoms with Gasteiger partial charge >= 0.3 is 0 Å². The summed E-state index contributed by atoms with van der Waals surface area (Å²) in [6.45, 7) is 4.35. The summed E-state index contributed by atoms with van der Waals surface area (Å²) in [7, 11) is 0. The maximum absolute atomic E-state index is 13.3. The van der Waals surface area contributed by atoms with E-state index in [1.54, 1.807) is 6.07 Å². The fourth-order valence-electron chi connectivity index (χ4n) is 3.34.